The molecule has 0 saturated heterocycles. The SMILES string of the molecule is CC(C)(O)O.CCCN(CCCN(C[C@@H]1CC[C@H](n2cc(-c3ncns3)c3c(N)ncnc32)C1)C(=O)OC(C)(C)C)C(=O)OC(C)(C)C. The smallest absolute Gasteiger partial charge is 0.410 e. The van der Waals surface area contributed by atoms with Crippen LogP contribution in [0.4, 0.5) is 15.4 Å². The molecule has 2 amide bonds. The summed E-state index contributed by atoms with van der Waals surface area (Å²) in [4.78, 5) is 42.8. The van der Waals surface area contributed by atoms with Gasteiger partial charge in [-0.05, 0) is 105 Å². The molecule has 3 aromatic rings. The number of carbonyl (C=O) groups excluding carboxylic acids is 2. The maximum Gasteiger partial charge on any atom is 0.410 e. The molecule has 1 aliphatic rings. The average molecular weight is 691 g/mol. The molecule has 3 heterocycles. The van der Waals surface area contributed by atoms with Gasteiger partial charge in [-0.15, -0.1) is 0 Å². The van der Waals surface area contributed by atoms with E-state index in [9.17, 15) is 9.59 Å². The lowest BCUT2D eigenvalue weighted by Gasteiger charge is -2.31. The maximum atomic E-state index is 13.3. The minimum Gasteiger partial charge on any atom is -0.444 e. The molecule has 15 heteroatoms. The quantitative estimate of drug-likeness (QED) is 0.217. The van der Waals surface area contributed by atoms with Crippen molar-refractivity contribution in [3.63, 3.8) is 0 Å². The fourth-order valence-corrected chi connectivity index (χ4v) is 6.09. The predicted molar refractivity (Wildman–Crippen MR) is 186 cm³/mol. The van der Waals surface area contributed by atoms with Gasteiger partial charge in [0.1, 0.15) is 40.3 Å². The summed E-state index contributed by atoms with van der Waals surface area (Å²) >= 11 is 1.31. The van der Waals surface area contributed by atoms with Gasteiger partial charge in [0, 0.05) is 44.0 Å². The number of hydrogen-bond acceptors (Lipinski definition) is 12. The standard InChI is InChI=1S/C30H46N8O4S.C3H8O2/c1-8-12-36(27(39)41-29(2,3)4)13-9-14-37(28(40)42-30(5,6)7)16-20-10-11-21(15-20)38-17-22(26-34-19-35-43-26)23-24(31)32-18-33-25(23)38;1-3(2,4)5/h17-21H,8-16H2,1-7H3,(H2,31,32,33);4-5H,1-2H3/t20-,21+;/m1./s1. The molecule has 0 bridgehead atoms. The molecular weight excluding hydrogens is 636 g/mol. The van der Waals surface area contributed by atoms with E-state index in [1.807, 2.05) is 48.5 Å². The summed E-state index contributed by atoms with van der Waals surface area (Å²) in [6.07, 6.45) is 8.66. The number of aromatic nitrogens is 5. The van der Waals surface area contributed by atoms with Crippen LogP contribution in [0.25, 0.3) is 21.6 Å². The van der Waals surface area contributed by atoms with Crippen LogP contribution >= 0.6 is 11.5 Å². The summed E-state index contributed by atoms with van der Waals surface area (Å²) in [5.41, 5.74) is 6.78. The molecule has 268 valence electrons. The summed E-state index contributed by atoms with van der Waals surface area (Å²) in [5, 5.41) is 17.7. The summed E-state index contributed by atoms with van der Waals surface area (Å²) in [6, 6.07) is 0.191. The lowest BCUT2D eigenvalue weighted by atomic mass is 10.1. The van der Waals surface area contributed by atoms with Crippen molar-refractivity contribution < 1.29 is 29.3 Å². The van der Waals surface area contributed by atoms with Crippen molar-refractivity contribution in [3.05, 3.63) is 18.9 Å². The van der Waals surface area contributed by atoms with E-state index >= 15 is 0 Å². The minimum absolute atomic E-state index is 0.191. The number of anilines is 1. The van der Waals surface area contributed by atoms with Gasteiger partial charge in [-0.2, -0.15) is 4.37 Å². The Bertz CT molecular complexity index is 1470. The Balaban J connectivity index is 0.00000116. The van der Waals surface area contributed by atoms with Crippen LogP contribution in [0.5, 0.6) is 0 Å². The van der Waals surface area contributed by atoms with E-state index in [-0.39, 0.29) is 24.1 Å². The average Bonchev–Trinajstić information content (AvgIpc) is 3.69. The zero-order chi connectivity index (χ0) is 35.9. The Kier molecular flexibility index (Phi) is 13.1. The van der Waals surface area contributed by atoms with Crippen LogP contribution in [0.2, 0.25) is 0 Å². The molecular formula is C33H54N8O6S. The minimum atomic E-state index is -1.50. The molecule has 0 radical (unpaired) electrons. The number of nitrogens with two attached hydrogens (primary N) is 1. The lowest BCUT2D eigenvalue weighted by molar-refractivity contribution is -0.127. The number of carbonyl (C=O) groups is 2. The fraction of sp³-hybridized carbons (Fsp3) is 0.697. The first-order chi connectivity index (χ1) is 22.3. The van der Waals surface area contributed by atoms with Crippen LogP contribution < -0.4 is 5.73 Å². The zero-order valence-electron chi connectivity index (χ0n) is 29.9. The van der Waals surface area contributed by atoms with Crippen molar-refractivity contribution in [2.24, 2.45) is 5.92 Å². The van der Waals surface area contributed by atoms with E-state index in [2.05, 4.69) is 30.1 Å². The fourth-order valence-electron chi connectivity index (χ4n) is 5.55. The number of nitrogen functional groups attached to an aromatic ring is 1. The van der Waals surface area contributed by atoms with E-state index in [0.29, 0.717) is 38.4 Å². The monoisotopic (exact) mass is 690 g/mol. The lowest BCUT2D eigenvalue weighted by Crippen LogP contribution is -2.42. The highest BCUT2D eigenvalue weighted by Crippen LogP contribution is 2.41. The second kappa shape index (κ2) is 16.2. The summed E-state index contributed by atoms with van der Waals surface area (Å²) < 4.78 is 17.7. The van der Waals surface area contributed by atoms with Crippen LogP contribution in [-0.4, -0.2) is 99.3 Å². The van der Waals surface area contributed by atoms with Gasteiger partial charge < -0.3 is 39.8 Å². The second-order valence-electron chi connectivity index (χ2n) is 14.7. The molecule has 4 N–H and O–H groups in total. The van der Waals surface area contributed by atoms with E-state index in [0.717, 1.165) is 47.3 Å². The Morgan fingerprint density at radius 1 is 0.938 bits per heavy atom. The van der Waals surface area contributed by atoms with Gasteiger partial charge in [0.2, 0.25) is 0 Å². The van der Waals surface area contributed by atoms with Crippen molar-refractivity contribution in [2.45, 2.75) is 117 Å². The second-order valence-corrected chi connectivity index (χ2v) is 15.5. The summed E-state index contributed by atoms with van der Waals surface area (Å²) in [6.45, 7) is 18.0. The van der Waals surface area contributed by atoms with Crippen LogP contribution in [-0.2, 0) is 9.47 Å². The highest BCUT2D eigenvalue weighted by molar-refractivity contribution is 7.09. The first-order valence-electron chi connectivity index (χ1n) is 16.5. The number of ether oxygens (including phenoxy) is 2. The molecule has 48 heavy (non-hydrogen) atoms. The Labute approximate surface area is 287 Å². The topological polar surface area (TPSA) is 182 Å². The molecule has 1 fully saturated rings. The third kappa shape index (κ3) is 12.2. The number of amides is 2. The van der Waals surface area contributed by atoms with Gasteiger partial charge >= 0.3 is 12.2 Å². The number of rotatable bonds is 10. The molecule has 0 spiro atoms. The van der Waals surface area contributed by atoms with Gasteiger partial charge in [-0.25, -0.2) is 24.5 Å². The van der Waals surface area contributed by atoms with E-state index in [1.54, 1.807) is 9.80 Å². The van der Waals surface area contributed by atoms with Gasteiger partial charge in [-0.1, -0.05) is 6.92 Å². The number of aliphatic hydroxyl groups is 2. The first-order valence-corrected chi connectivity index (χ1v) is 17.3. The Morgan fingerprint density at radius 3 is 2.10 bits per heavy atom. The van der Waals surface area contributed by atoms with Crippen LogP contribution in [0.3, 0.4) is 0 Å². The largest absolute Gasteiger partial charge is 0.444 e. The molecule has 0 unspecified atom stereocenters. The molecule has 14 nitrogen and oxygen atoms in total. The van der Waals surface area contributed by atoms with Crippen LogP contribution in [0.15, 0.2) is 18.9 Å². The zero-order valence-corrected chi connectivity index (χ0v) is 30.7. The highest BCUT2D eigenvalue weighted by Gasteiger charge is 2.32. The summed E-state index contributed by atoms with van der Waals surface area (Å²) in [5.74, 6) is -0.806. The molecule has 0 aromatic carbocycles. The van der Waals surface area contributed by atoms with E-state index in [4.69, 9.17) is 25.4 Å². The molecule has 1 aliphatic carbocycles. The maximum absolute atomic E-state index is 13.3. The normalized spacial score (nSPS) is 16.7. The molecule has 3 aromatic heterocycles. The van der Waals surface area contributed by atoms with Gasteiger partial charge in [0.25, 0.3) is 0 Å². The molecule has 2 atom stereocenters. The van der Waals surface area contributed by atoms with Gasteiger partial charge in [0.15, 0.2) is 5.79 Å². The van der Waals surface area contributed by atoms with Crippen molar-refractivity contribution >= 4 is 40.6 Å². The third-order valence-electron chi connectivity index (χ3n) is 7.27. The molecule has 0 aliphatic heterocycles. The van der Waals surface area contributed by atoms with Crippen molar-refractivity contribution in [1.29, 1.82) is 0 Å². The van der Waals surface area contributed by atoms with E-state index < -0.39 is 17.0 Å². The van der Waals surface area contributed by atoms with Crippen molar-refractivity contribution in [1.82, 2.24) is 33.7 Å². The highest BCUT2D eigenvalue weighted by atomic mass is 32.1. The van der Waals surface area contributed by atoms with Gasteiger partial charge in [0.05, 0.1) is 5.39 Å². The first kappa shape index (κ1) is 38.9. The van der Waals surface area contributed by atoms with E-state index in [1.165, 1.54) is 38.0 Å². The summed E-state index contributed by atoms with van der Waals surface area (Å²) in [7, 11) is 0. The molecule has 1 saturated carbocycles. The van der Waals surface area contributed by atoms with Gasteiger partial charge in [-0.3, -0.25) is 0 Å². The molecule has 4 rings (SSSR count). The number of hydrogen-bond donors (Lipinski definition) is 3. The van der Waals surface area contributed by atoms with Crippen molar-refractivity contribution in [3.8, 4) is 10.6 Å². The third-order valence-corrected chi connectivity index (χ3v) is 7.97. The van der Waals surface area contributed by atoms with Crippen molar-refractivity contribution in [2.75, 3.05) is 31.9 Å². The van der Waals surface area contributed by atoms with Crippen LogP contribution in [0.1, 0.15) is 100 Å². The Morgan fingerprint density at radius 2 is 1.54 bits per heavy atom. The van der Waals surface area contributed by atoms with Crippen LogP contribution in [0, 0.1) is 5.92 Å². The predicted octanol–water partition coefficient (Wildman–Crippen LogP) is 5.85. The Hall–Kier alpha value is -3.56. The number of nitrogens with zero attached hydrogens (tertiary/aromatic N) is 7. The number of fused-ring (bicyclic) bond motifs is 1.